The van der Waals surface area contributed by atoms with Crippen LogP contribution in [0.15, 0.2) is 30.3 Å². The summed E-state index contributed by atoms with van der Waals surface area (Å²) in [5, 5.41) is 5.69. The molecule has 1 aliphatic heterocycles. The van der Waals surface area contributed by atoms with Gasteiger partial charge >= 0.3 is 0 Å². The van der Waals surface area contributed by atoms with Gasteiger partial charge in [0.25, 0.3) is 11.8 Å². The summed E-state index contributed by atoms with van der Waals surface area (Å²) in [7, 11) is 0. The highest BCUT2D eigenvalue weighted by Gasteiger charge is 2.33. The standard InChI is InChI=1S/C24H27ClN4O5S/c25-19-9-8-18(35-19)24(33)27-12-15-2-1-3-17(22(26)31)21(15)28-23(32)14-4-6-16(7-5-14)29-10-11-34-13-20(29)30/h1-3,8-9,14,16H,4-7,10-13H2,(H2,26,31)(H,27,33)(H,28,32). The summed E-state index contributed by atoms with van der Waals surface area (Å²) in [5.74, 6) is -1.44. The first kappa shape index (κ1) is 25.2. The first-order valence-electron chi connectivity index (χ1n) is 11.5. The van der Waals surface area contributed by atoms with E-state index < -0.39 is 5.91 Å². The van der Waals surface area contributed by atoms with Crippen molar-refractivity contribution in [1.29, 1.82) is 0 Å². The second kappa shape index (κ2) is 11.2. The lowest BCUT2D eigenvalue weighted by Crippen LogP contribution is -2.49. The third kappa shape index (κ3) is 6.01. The Labute approximate surface area is 211 Å². The quantitative estimate of drug-likeness (QED) is 0.518. The zero-order valence-corrected chi connectivity index (χ0v) is 20.6. The van der Waals surface area contributed by atoms with Gasteiger partial charge < -0.3 is 26.0 Å². The van der Waals surface area contributed by atoms with Crippen molar-refractivity contribution in [3.05, 3.63) is 50.7 Å². The molecule has 2 aliphatic rings. The minimum absolute atomic E-state index is 0.00366. The maximum Gasteiger partial charge on any atom is 0.261 e. The molecule has 9 nitrogen and oxygen atoms in total. The van der Waals surface area contributed by atoms with E-state index >= 15 is 0 Å². The summed E-state index contributed by atoms with van der Waals surface area (Å²) in [6, 6.07) is 8.32. The zero-order chi connectivity index (χ0) is 24.9. The summed E-state index contributed by atoms with van der Waals surface area (Å²) in [4.78, 5) is 52.1. The smallest absolute Gasteiger partial charge is 0.261 e. The molecule has 2 aromatic rings. The summed E-state index contributed by atoms with van der Waals surface area (Å²) < 4.78 is 5.71. The molecule has 0 radical (unpaired) electrons. The molecule has 1 aromatic carbocycles. The minimum atomic E-state index is -0.673. The van der Waals surface area contributed by atoms with Crippen LogP contribution in [0.3, 0.4) is 0 Å². The van der Waals surface area contributed by atoms with Crippen LogP contribution in [0.4, 0.5) is 5.69 Å². The number of hydrogen-bond donors (Lipinski definition) is 3. The number of nitrogens with two attached hydrogens (primary N) is 1. The molecule has 1 aromatic heterocycles. The average molecular weight is 519 g/mol. The second-order valence-corrected chi connectivity index (χ2v) is 10.3. The number of hydrogen-bond acceptors (Lipinski definition) is 6. The maximum absolute atomic E-state index is 13.1. The molecule has 0 spiro atoms. The molecule has 0 atom stereocenters. The minimum Gasteiger partial charge on any atom is -0.370 e. The molecule has 2 fully saturated rings. The fourth-order valence-electron chi connectivity index (χ4n) is 4.59. The molecule has 0 bridgehead atoms. The van der Waals surface area contributed by atoms with E-state index in [1.54, 1.807) is 30.3 Å². The van der Waals surface area contributed by atoms with Crippen LogP contribution in [0.1, 0.15) is 51.3 Å². The molecule has 4 rings (SSSR count). The van der Waals surface area contributed by atoms with Crippen molar-refractivity contribution >= 4 is 52.3 Å². The Morgan fingerprint density at radius 3 is 2.57 bits per heavy atom. The van der Waals surface area contributed by atoms with Crippen LogP contribution in [0.2, 0.25) is 4.34 Å². The highest BCUT2D eigenvalue weighted by Crippen LogP contribution is 2.31. The number of carbonyl (C=O) groups is 4. The molecule has 1 saturated heterocycles. The van der Waals surface area contributed by atoms with Gasteiger partial charge in [0.05, 0.1) is 27.1 Å². The van der Waals surface area contributed by atoms with E-state index in [1.807, 2.05) is 4.90 Å². The zero-order valence-electron chi connectivity index (χ0n) is 19.1. The van der Waals surface area contributed by atoms with Crippen molar-refractivity contribution in [2.45, 2.75) is 38.3 Å². The average Bonchev–Trinajstić information content (AvgIpc) is 3.29. The number of amides is 4. The van der Waals surface area contributed by atoms with Crippen LogP contribution in [-0.2, 0) is 20.9 Å². The SMILES string of the molecule is NC(=O)c1cccc(CNC(=O)c2ccc(Cl)s2)c1NC(=O)C1CCC(N2CCOCC2=O)CC1. The topological polar surface area (TPSA) is 131 Å². The Morgan fingerprint density at radius 1 is 1.14 bits per heavy atom. The van der Waals surface area contributed by atoms with E-state index in [0.29, 0.717) is 46.5 Å². The van der Waals surface area contributed by atoms with Gasteiger partial charge in [-0.3, -0.25) is 19.2 Å². The summed E-state index contributed by atoms with van der Waals surface area (Å²) in [6.07, 6.45) is 2.72. The lowest BCUT2D eigenvalue weighted by Gasteiger charge is -2.38. The first-order chi connectivity index (χ1) is 16.8. The number of carbonyl (C=O) groups excluding carboxylic acids is 4. The van der Waals surface area contributed by atoms with Gasteiger partial charge in [-0.2, -0.15) is 0 Å². The number of para-hydroxylation sites is 1. The Morgan fingerprint density at radius 2 is 1.91 bits per heavy atom. The Hall–Kier alpha value is -2.95. The van der Waals surface area contributed by atoms with Crippen molar-refractivity contribution < 1.29 is 23.9 Å². The van der Waals surface area contributed by atoms with E-state index in [-0.39, 0.29) is 48.4 Å². The summed E-state index contributed by atoms with van der Waals surface area (Å²) in [6.45, 7) is 1.33. The number of ether oxygens (including phenoxy) is 1. The lowest BCUT2D eigenvalue weighted by molar-refractivity contribution is -0.146. The van der Waals surface area contributed by atoms with E-state index in [4.69, 9.17) is 22.1 Å². The molecule has 35 heavy (non-hydrogen) atoms. The van der Waals surface area contributed by atoms with E-state index in [0.717, 1.165) is 24.2 Å². The van der Waals surface area contributed by atoms with Crippen LogP contribution in [0, 0.1) is 5.92 Å². The highest BCUT2D eigenvalue weighted by atomic mass is 35.5. The largest absolute Gasteiger partial charge is 0.370 e. The fourth-order valence-corrected chi connectivity index (χ4v) is 5.55. The van der Waals surface area contributed by atoms with Gasteiger partial charge in [-0.05, 0) is 49.4 Å². The van der Waals surface area contributed by atoms with Gasteiger partial charge in [0.15, 0.2) is 0 Å². The lowest BCUT2D eigenvalue weighted by atomic mass is 9.84. The number of primary amides is 1. The number of thiophene rings is 1. The predicted octanol–water partition coefficient (Wildman–Crippen LogP) is 2.79. The Kier molecular flexibility index (Phi) is 8.04. The number of benzene rings is 1. The van der Waals surface area contributed by atoms with Gasteiger partial charge in [-0.1, -0.05) is 23.7 Å². The molecule has 2 heterocycles. The van der Waals surface area contributed by atoms with Gasteiger partial charge in [0.1, 0.15) is 6.61 Å². The third-order valence-corrected chi connectivity index (χ3v) is 7.66. The first-order valence-corrected chi connectivity index (χ1v) is 12.7. The summed E-state index contributed by atoms with van der Waals surface area (Å²) >= 11 is 7.07. The molecule has 1 aliphatic carbocycles. The van der Waals surface area contributed by atoms with Crippen LogP contribution < -0.4 is 16.4 Å². The number of rotatable bonds is 7. The second-order valence-electron chi connectivity index (χ2n) is 8.62. The van der Waals surface area contributed by atoms with E-state index in [1.165, 1.54) is 0 Å². The van der Waals surface area contributed by atoms with Crippen molar-refractivity contribution in [2.75, 3.05) is 25.1 Å². The van der Waals surface area contributed by atoms with Crippen molar-refractivity contribution in [3.8, 4) is 0 Å². The van der Waals surface area contributed by atoms with E-state index in [2.05, 4.69) is 10.6 Å². The van der Waals surface area contributed by atoms with Crippen molar-refractivity contribution in [2.24, 2.45) is 11.7 Å². The van der Waals surface area contributed by atoms with Crippen LogP contribution >= 0.6 is 22.9 Å². The van der Waals surface area contributed by atoms with Gasteiger partial charge in [0.2, 0.25) is 11.8 Å². The molecular weight excluding hydrogens is 492 g/mol. The van der Waals surface area contributed by atoms with Gasteiger partial charge in [0, 0.05) is 25.0 Å². The molecule has 1 saturated carbocycles. The Balaban J connectivity index is 1.42. The van der Waals surface area contributed by atoms with Crippen molar-refractivity contribution in [1.82, 2.24) is 10.2 Å². The highest BCUT2D eigenvalue weighted by molar-refractivity contribution is 7.18. The van der Waals surface area contributed by atoms with E-state index in [9.17, 15) is 19.2 Å². The van der Waals surface area contributed by atoms with Gasteiger partial charge in [-0.25, -0.2) is 0 Å². The van der Waals surface area contributed by atoms with Crippen LogP contribution in [0.25, 0.3) is 0 Å². The number of nitrogens with one attached hydrogen (secondary N) is 2. The van der Waals surface area contributed by atoms with Crippen molar-refractivity contribution in [3.63, 3.8) is 0 Å². The fraction of sp³-hybridized carbons (Fsp3) is 0.417. The molecule has 186 valence electrons. The van der Waals surface area contributed by atoms with Crippen LogP contribution in [0.5, 0.6) is 0 Å². The molecule has 4 N–H and O–H groups in total. The predicted molar refractivity (Wildman–Crippen MR) is 132 cm³/mol. The normalized spacial score (nSPS) is 20.4. The number of halogens is 1. The maximum atomic E-state index is 13.1. The summed E-state index contributed by atoms with van der Waals surface area (Å²) in [5.41, 5.74) is 6.61. The monoisotopic (exact) mass is 518 g/mol. The third-order valence-electron chi connectivity index (χ3n) is 6.43. The number of nitrogens with zero attached hydrogens (tertiary/aromatic N) is 1. The molecule has 11 heteroatoms. The van der Waals surface area contributed by atoms with Crippen LogP contribution in [-0.4, -0.2) is 54.3 Å². The molecule has 4 amide bonds. The molecule has 0 unspecified atom stereocenters. The number of anilines is 1. The van der Waals surface area contributed by atoms with Gasteiger partial charge in [-0.15, -0.1) is 11.3 Å². The molecular formula is C24H27ClN4O5S. The Bertz CT molecular complexity index is 1130. The number of morpholine rings is 1.